The van der Waals surface area contributed by atoms with E-state index in [4.69, 9.17) is 5.26 Å². The maximum absolute atomic E-state index is 11.4. The van der Waals surface area contributed by atoms with Gasteiger partial charge in [-0.25, -0.2) is 0 Å². The van der Waals surface area contributed by atoms with E-state index >= 15 is 0 Å². The molecule has 0 bridgehead atoms. The molecule has 1 atom stereocenters. The van der Waals surface area contributed by atoms with E-state index in [1.165, 1.54) is 0 Å². The molecule has 0 saturated heterocycles. The van der Waals surface area contributed by atoms with Crippen molar-refractivity contribution < 1.29 is 9.00 Å². The lowest BCUT2D eigenvalue weighted by atomic mass is 10.2. The number of nitrogens with one attached hydrogen (secondary N) is 1. The number of hydrogen-bond donors (Lipinski definition) is 1. The first-order valence-electron chi connectivity index (χ1n) is 4.72. The fourth-order valence-corrected chi connectivity index (χ4v) is 1.56. The molecule has 0 saturated carbocycles. The molecule has 0 aliphatic rings. The summed E-state index contributed by atoms with van der Waals surface area (Å²) in [5.74, 6) is 0.196. The van der Waals surface area contributed by atoms with Gasteiger partial charge in [0, 0.05) is 34.9 Å². The van der Waals surface area contributed by atoms with Crippen LogP contribution in [-0.4, -0.2) is 22.1 Å². The van der Waals surface area contributed by atoms with Gasteiger partial charge in [0.25, 0.3) is 0 Å². The number of hydrogen-bond acceptors (Lipinski definition) is 3. The molecule has 0 heterocycles. The monoisotopic (exact) mass is 236 g/mol. The number of carbonyl (C=O) groups is 1. The SMILES string of the molecule is CS(=O)CCC(=O)Nc1ccc(C#N)cc1. The second-order valence-electron chi connectivity index (χ2n) is 3.26. The lowest BCUT2D eigenvalue weighted by molar-refractivity contribution is -0.115. The highest BCUT2D eigenvalue weighted by Crippen LogP contribution is 2.08. The summed E-state index contributed by atoms with van der Waals surface area (Å²) in [5.41, 5.74) is 1.19. The minimum Gasteiger partial charge on any atom is -0.326 e. The van der Waals surface area contributed by atoms with Crippen LogP contribution in [0.4, 0.5) is 5.69 Å². The van der Waals surface area contributed by atoms with Crippen molar-refractivity contribution in [2.75, 3.05) is 17.3 Å². The van der Waals surface area contributed by atoms with Gasteiger partial charge in [0.15, 0.2) is 0 Å². The van der Waals surface area contributed by atoms with Crippen molar-refractivity contribution in [2.24, 2.45) is 0 Å². The van der Waals surface area contributed by atoms with Crippen LogP contribution in [0.2, 0.25) is 0 Å². The molecule has 5 heteroatoms. The van der Waals surface area contributed by atoms with Crippen molar-refractivity contribution in [1.29, 1.82) is 5.26 Å². The summed E-state index contributed by atoms with van der Waals surface area (Å²) in [7, 11) is -0.953. The average molecular weight is 236 g/mol. The van der Waals surface area contributed by atoms with E-state index in [-0.39, 0.29) is 12.3 Å². The van der Waals surface area contributed by atoms with E-state index in [9.17, 15) is 9.00 Å². The minimum atomic E-state index is -0.953. The summed E-state index contributed by atoms with van der Waals surface area (Å²) in [4.78, 5) is 11.4. The van der Waals surface area contributed by atoms with E-state index in [1.54, 1.807) is 30.5 Å². The van der Waals surface area contributed by atoms with Crippen LogP contribution in [0.25, 0.3) is 0 Å². The number of carbonyl (C=O) groups excluding carboxylic acids is 1. The highest BCUT2D eigenvalue weighted by atomic mass is 32.2. The molecule has 1 aromatic rings. The third-order valence-electron chi connectivity index (χ3n) is 1.91. The predicted octanol–water partition coefficient (Wildman–Crippen LogP) is 1.27. The molecule has 0 aliphatic carbocycles. The molecule has 4 nitrogen and oxygen atoms in total. The fourth-order valence-electron chi connectivity index (χ4n) is 1.09. The molecule has 1 N–H and O–H groups in total. The van der Waals surface area contributed by atoms with Crippen LogP contribution in [0.3, 0.4) is 0 Å². The van der Waals surface area contributed by atoms with Gasteiger partial charge < -0.3 is 5.32 Å². The predicted molar refractivity (Wildman–Crippen MR) is 63.3 cm³/mol. The van der Waals surface area contributed by atoms with Crippen LogP contribution in [0.1, 0.15) is 12.0 Å². The molecule has 0 spiro atoms. The number of nitriles is 1. The van der Waals surface area contributed by atoms with Crippen LogP contribution >= 0.6 is 0 Å². The topological polar surface area (TPSA) is 70.0 Å². The number of rotatable bonds is 4. The summed E-state index contributed by atoms with van der Waals surface area (Å²) >= 11 is 0. The van der Waals surface area contributed by atoms with Crippen molar-refractivity contribution in [1.82, 2.24) is 0 Å². The lowest BCUT2D eigenvalue weighted by Gasteiger charge is -2.03. The fraction of sp³-hybridized carbons (Fsp3) is 0.273. The number of anilines is 1. The lowest BCUT2D eigenvalue weighted by Crippen LogP contribution is -2.14. The van der Waals surface area contributed by atoms with E-state index in [1.807, 2.05) is 6.07 Å². The van der Waals surface area contributed by atoms with Crippen molar-refractivity contribution in [3.8, 4) is 6.07 Å². The smallest absolute Gasteiger partial charge is 0.225 e. The minimum absolute atomic E-state index is 0.167. The van der Waals surface area contributed by atoms with Crippen LogP contribution < -0.4 is 5.32 Å². The molecule has 0 radical (unpaired) electrons. The normalized spacial score (nSPS) is 11.5. The first-order chi connectivity index (χ1) is 7.61. The maximum atomic E-state index is 11.4. The Morgan fingerprint density at radius 2 is 2.06 bits per heavy atom. The molecule has 1 rings (SSSR count). The summed E-state index contributed by atoms with van der Waals surface area (Å²) in [6.45, 7) is 0. The Balaban J connectivity index is 2.50. The summed E-state index contributed by atoms with van der Waals surface area (Å²) in [6.07, 6.45) is 1.80. The highest BCUT2D eigenvalue weighted by Gasteiger charge is 2.03. The molecule has 16 heavy (non-hydrogen) atoms. The van der Waals surface area contributed by atoms with Crippen LogP contribution in [-0.2, 0) is 15.6 Å². The molecule has 0 fully saturated rings. The summed E-state index contributed by atoms with van der Waals surface area (Å²) in [6, 6.07) is 8.59. The number of benzene rings is 1. The average Bonchev–Trinajstić information content (AvgIpc) is 2.27. The van der Waals surface area contributed by atoms with E-state index in [0.717, 1.165) is 0 Å². The van der Waals surface area contributed by atoms with Crippen molar-refractivity contribution in [3.63, 3.8) is 0 Å². The first kappa shape index (κ1) is 12.4. The van der Waals surface area contributed by atoms with Gasteiger partial charge in [-0.2, -0.15) is 5.26 Å². The van der Waals surface area contributed by atoms with E-state index in [0.29, 0.717) is 17.0 Å². The highest BCUT2D eigenvalue weighted by molar-refractivity contribution is 7.84. The van der Waals surface area contributed by atoms with Gasteiger partial charge in [0.1, 0.15) is 0 Å². The van der Waals surface area contributed by atoms with Gasteiger partial charge in [-0.3, -0.25) is 9.00 Å². The van der Waals surface area contributed by atoms with Gasteiger partial charge in [-0.05, 0) is 24.3 Å². The maximum Gasteiger partial charge on any atom is 0.225 e. The van der Waals surface area contributed by atoms with Gasteiger partial charge in [0.05, 0.1) is 11.6 Å². The largest absolute Gasteiger partial charge is 0.326 e. The van der Waals surface area contributed by atoms with Crippen LogP contribution in [0.15, 0.2) is 24.3 Å². The molecular formula is C11H12N2O2S. The third-order valence-corrected chi connectivity index (χ3v) is 2.69. The molecule has 1 unspecified atom stereocenters. The second kappa shape index (κ2) is 6.03. The third kappa shape index (κ3) is 4.24. The summed E-state index contributed by atoms with van der Waals surface area (Å²) in [5, 5.41) is 11.3. The Labute approximate surface area is 96.7 Å². The second-order valence-corrected chi connectivity index (χ2v) is 4.82. The van der Waals surface area contributed by atoms with E-state index < -0.39 is 10.8 Å². The van der Waals surface area contributed by atoms with Crippen molar-refractivity contribution >= 4 is 22.4 Å². The zero-order valence-electron chi connectivity index (χ0n) is 8.90. The Morgan fingerprint density at radius 1 is 1.44 bits per heavy atom. The Kier molecular flexibility index (Phi) is 4.67. The Morgan fingerprint density at radius 3 is 2.56 bits per heavy atom. The van der Waals surface area contributed by atoms with Gasteiger partial charge in [-0.1, -0.05) is 0 Å². The van der Waals surface area contributed by atoms with Crippen molar-refractivity contribution in [2.45, 2.75) is 6.42 Å². The zero-order chi connectivity index (χ0) is 12.0. The molecule has 0 aromatic heterocycles. The standard InChI is InChI=1S/C11H12N2O2S/c1-16(15)7-6-11(14)13-10-4-2-9(8-12)3-5-10/h2-5H,6-7H2,1H3,(H,13,14). The van der Waals surface area contributed by atoms with Gasteiger partial charge in [0.2, 0.25) is 5.91 Å². The Bertz CT molecular complexity index is 434. The van der Waals surface area contributed by atoms with Crippen molar-refractivity contribution in [3.05, 3.63) is 29.8 Å². The first-order valence-corrected chi connectivity index (χ1v) is 6.44. The molecule has 0 aliphatic heterocycles. The van der Waals surface area contributed by atoms with Crippen LogP contribution in [0.5, 0.6) is 0 Å². The molecule has 84 valence electrons. The molecule has 1 amide bonds. The quantitative estimate of drug-likeness (QED) is 0.855. The number of nitrogens with zero attached hydrogens (tertiary/aromatic N) is 1. The summed E-state index contributed by atoms with van der Waals surface area (Å²) < 4.78 is 10.8. The molecular weight excluding hydrogens is 224 g/mol. The number of amides is 1. The zero-order valence-corrected chi connectivity index (χ0v) is 9.71. The van der Waals surface area contributed by atoms with Gasteiger partial charge in [-0.15, -0.1) is 0 Å². The van der Waals surface area contributed by atoms with Gasteiger partial charge >= 0.3 is 0 Å². The van der Waals surface area contributed by atoms with Crippen LogP contribution in [0, 0.1) is 11.3 Å². The van der Waals surface area contributed by atoms with E-state index in [2.05, 4.69) is 5.32 Å². The molecule has 1 aromatic carbocycles. The Hall–Kier alpha value is -1.67.